The number of hydrogen-bond acceptors (Lipinski definition) is 3. The van der Waals surface area contributed by atoms with Crippen molar-refractivity contribution < 1.29 is 0 Å². The van der Waals surface area contributed by atoms with Crippen LogP contribution in [0.3, 0.4) is 0 Å². The molecule has 1 saturated heterocycles. The Bertz CT molecular complexity index is 906. The molecule has 2 aliphatic rings. The molecule has 0 radical (unpaired) electrons. The van der Waals surface area contributed by atoms with Crippen LogP contribution in [-0.4, -0.2) is 40.4 Å². The molecule has 0 atom stereocenters. The van der Waals surface area contributed by atoms with Crippen molar-refractivity contribution in [3.05, 3.63) is 49.9 Å². The van der Waals surface area contributed by atoms with Gasteiger partial charge in [0, 0.05) is 50.5 Å². The van der Waals surface area contributed by atoms with E-state index in [0.29, 0.717) is 17.6 Å². The number of aromatic nitrogens is 2. The molecule has 28 heavy (non-hydrogen) atoms. The second-order valence-electron chi connectivity index (χ2n) is 8.02. The Balaban J connectivity index is 1.46. The molecular formula is C21H28Cl2N4O. The molecule has 1 saturated carbocycles. The molecule has 1 aromatic heterocycles. The van der Waals surface area contributed by atoms with Gasteiger partial charge in [0.2, 0.25) is 0 Å². The van der Waals surface area contributed by atoms with E-state index in [4.69, 9.17) is 23.2 Å². The number of rotatable bonds is 4. The van der Waals surface area contributed by atoms with E-state index in [0.717, 1.165) is 55.3 Å². The van der Waals surface area contributed by atoms with Gasteiger partial charge in [-0.25, -0.2) is 4.68 Å². The topological polar surface area (TPSA) is 33.4 Å². The molecule has 7 heteroatoms. The van der Waals surface area contributed by atoms with Gasteiger partial charge in [-0.2, -0.15) is 0 Å². The quantitative estimate of drug-likeness (QED) is 0.738. The maximum absolute atomic E-state index is 12.7. The lowest BCUT2D eigenvalue weighted by molar-refractivity contribution is 0.240. The molecule has 2 fully saturated rings. The van der Waals surface area contributed by atoms with Gasteiger partial charge in [0.1, 0.15) is 5.02 Å². The van der Waals surface area contributed by atoms with Crippen molar-refractivity contribution in [2.45, 2.75) is 45.2 Å². The molecule has 1 aliphatic carbocycles. The van der Waals surface area contributed by atoms with Crippen molar-refractivity contribution in [3.63, 3.8) is 0 Å². The summed E-state index contributed by atoms with van der Waals surface area (Å²) in [7, 11) is 1.98. The van der Waals surface area contributed by atoms with E-state index in [1.165, 1.54) is 18.5 Å². The second-order valence-corrected chi connectivity index (χ2v) is 8.80. The first-order valence-electron chi connectivity index (χ1n) is 10.2. The van der Waals surface area contributed by atoms with Crippen LogP contribution in [-0.2, 0) is 13.6 Å². The van der Waals surface area contributed by atoms with Crippen molar-refractivity contribution in [3.8, 4) is 0 Å². The Morgan fingerprint density at radius 2 is 1.75 bits per heavy atom. The van der Waals surface area contributed by atoms with E-state index in [1.807, 2.05) is 28.5 Å². The molecule has 0 spiro atoms. The van der Waals surface area contributed by atoms with Gasteiger partial charge in [-0.05, 0) is 37.5 Å². The third-order valence-electron chi connectivity index (χ3n) is 6.36. The highest BCUT2D eigenvalue weighted by atomic mass is 35.5. The number of benzene rings is 1. The summed E-state index contributed by atoms with van der Waals surface area (Å²) in [4.78, 5) is 17.5. The first kappa shape index (κ1) is 19.9. The summed E-state index contributed by atoms with van der Waals surface area (Å²) >= 11 is 12.8. The fraction of sp³-hybridized carbons (Fsp3) is 0.571. The van der Waals surface area contributed by atoms with E-state index < -0.39 is 0 Å². The Morgan fingerprint density at radius 1 is 1.07 bits per heavy atom. The maximum Gasteiger partial charge on any atom is 0.286 e. The number of anilines is 1. The van der Waals surface area contributed by atoms with Crippen LogP contribution in [0.25, 0.3) is 0 Å². The Morgan fingerprint density at radius 3 is 2.43 bits per heavy atom. The largest absolute Gasteiger partial charge is 0.369 e. The van der Waals surface area contributed by atoms with Crippen LogP contribution in [0.2, 0.25) is 10.0 Å². The predicted molar refractivity (Wildman–Crippen MR) is 116 cm³/mol. The third kappa shape index (κ3) is 3.60. The summed E-state index contributed by atoms with van der Waals surface area (Å²) in [5, 5.41) is 1.21. The monoisotopic (exact) mass is 422 g/mol. The van der Waals surface area contributed by atoms with E-state index in [1.54, 1.807) is 0 Å². The summed E-state index contributed by atoms with van der Waals surface area (Å²) in [6.45, 7) is 6.54. The van der Waals surface area contributed by atoms with Gasteiger partial charge >= 0.3 is 0 Å². The minimum atomic E-state index is -0.0285. The number of hydrogen-bond donors (Lipinski definition) is 0. The highest BCUT2D eigenvalue weighted by molar-refractivity contribution is 6.31. The molecule has 152 valence electrons. The summed E-state index contributed by atoms with van der Waals surface area (Å²) in [6, 6.07) is 6.39. The SMILES string of the molecule is Cc1c(Cl)cccc1N1CCN(Cc2c(Cl)c(=O)n(C3CCCC3)n2C)CC1. The fourth-order valence-corrected chi connectivity index (χ4v) is 5.10. The number of nitrogens with zero attached hydrogens (tertiary/aromatic N) is 4. The molecule has 4 rings (SSSR count). The molecule has 0 amide bonds. The van der Waals surface area contributed by atoms with Crippen LogP contribution in [0.1, 0.15) is 43.0 Å². The molecule has 0 bridgehead atoms. The lowest BCUT2D eigenvalue weighted by atomic mass is 10.1. The molecule has 1 aromatic carbocycles. The normalized spacial score (nSPS) is 18.9. The zero-order chi connectivity index (χ0) is 19.8. The van der Waals surface area contributed by atoms with Gasteiger partial charge in [-0.1, -0.05) is 42.1 Å². The highest BCUT2D eigenvalue weighted by Gasteiger charge is 2.27. The van der Waals surface area contributed by atoms with Crippen LogP contribution in [0, 0.1) is 6.92 Å². The molecule has 2 heterocycles. The van der Waals surface area contributed by atoms with E-state index in [2.05, 4.69) is 22.8 Å². The minimum absolute atomic E-state index is 0.0285. The van der Waals surface area contributed by atoms with Crippen LogP contribution >= 0.6 is 23.2 Å². The van der Waals surface area contributed by atoms with Crippen molar-refractivity contribution in [1.29, 1.82) is 0 Å². The van der Waals surface area contributed by atoms with Crippen molar-refractivity contribution in [2.75, 3.05) is 31.1 Å². The zero-order valence-corrected chi connectivity index (χ0v) is 18.1. The highest BCUT2D eigenvalue weighted by Crippen LogP contribution is 2.30. The molecule has 0 unspecified atom stereocenters. The summed E-state index contributed by atoms with van der Waals surface area (Å²) in [6.07, 6.45) is 4.54. The number of piperazine rings is 1. The van der Waals surface area contributed by atoms with Gasteiger partial charge < -0.3 is 4.90 Å². The Hall–Kier alpha value is -1.43. The molecule has 0 N–H and O–H groups in total. The molecule has 1 aliphatic heterocycles. The van der Waals surface area contributed by atoms with Crippen molar-refractivity contribution in [1.82, 2.24) is 14.3 Å². The standard InChI is InChI=1S/C21H28Cl2N4O/c1-15-17(22)8-5-9-18(15)26-12-10-25(11-13-26)14-19-20(23)21(28)27(24(19)2)16-6-3-4-7-16/h5,8-9,16H,3-4,6-7,10-14H2,1-2H3. The van der Waals surface area contributed by atoms with E-state index >= 15 is 0 Å². The lowest BCUT2D eigenvalue weighted by Crippen LogP contribution is -2.46. The van der Waals surface area contributed by atoms with Crippen LogP contribution in [0.5, 0.6) is 0 Å². The van der Waals surface area contributed by atoms with Crippen LogP contribution < -0.4 is 10.5 Å². The fourth-order valence-electron chi connectivity index (χ4n) is 4.66. The zero-order valence-electron chi connectivity index (χ0n) is 16.6. The summed E-state index contributed by atoms with van der Waals surface area (Å²) in [5.41, 5.74) is 3.26. The average Bonchev–Trinajstić information content (AvgIpc) is 3.28. The first-order valence-corrected chi connectivity index (χ1v) is 10.9. The smallest absolute Gasteiger partial charge is 0.286 e. The summed E-state index contributed by atoms with van der Waals surface area (Å²) < 4.78 is 3.89. The van der Waals surface area contributed by atoms with E-state index in [9.17, 15) is 4.79 Å². The molecular weight excluding hydrogens is 395 g/mol. The molecule has 5 nitrogen and oxygen atoms in total. The van der Waals surface area contributed by atoms with Crippen molar-refractivity contribution in [2.24, 2.45) is 7.05 Å². The van der Waals surface area contributed by atoms with Gasteiger partial charge in [0.15, 0.2) is 0 Å². The summed E-state index contributed by atoms with van der Waals surface area (Å²) in [5.74, 6) is 0. The second kappa shape index (κ2) is 8.13. The third-order valence-corrected chi connectivity index (χ3v) is 7.15. The lowest BCUT2D eigenvalue weighted by Gasteiger charge is -2.37. The van der Waals surface area contributed by atoms with E-state index in [-0.39, 0.29) is 5.56 Å². The maximum atomic E-state index is 12.7. The van der Waals surface area contributed by atoms with Gasteiger partial charge in [-0.15, -0.1) is 0 Å². The minimum Gasteiger partial charge on any atom is -0.369 e. The first-order chi connectivity index (χ1) is 13.5. The van der Waals surface area contributed by atoms with Crippen LogP contribution in [0.15, 0.2) is 23.0 Å². The number of halogens is 2. The van der Waals surface area contributed by atoms with Gasteiger partial charge in [0.05, 0.1) is 11.7 Å². The average molecular weight is 423 g/mol. The Labute approximate surface area is 176 Å². The molecule has 2 aromatic rings. The van der Waals surface area contributed by atoms with Gasteiger partial charge in [0.25, 0.3) is 5.56 Å². The van der Waals surface area contributed by atoms with Gasteiger partial charge in [-0.3, -0.25) is 14.4 Å². The van der Waals surface area contributed by atoms with Crippen molar-refractivity contribution >= 4 is 28.9 Å². The predicted octanol–water partition coefficient (Wildman–Crippen LogP) is 4.24. The Kier molecular flexibility index (Phi) is 5.77. The van der Waals surface area contributed by atoms with Crippen LogP contribution in [0.4, 0.5) is 5.69 Å².